The van der Waals surface area contributed by atoms with E-state index >= 15 is 0 Å². The average molecular weight is 656 g/mol. The fourth-order valence-electron chi connectivity index (χ4n) is 5.55. The predicted octanol–water partition coefficient (Wildman–Crippen LogP) is 4.20. The number of nitrogens with two attached hydrogens (primary N) is 1. The lowest BCUT2D eigenvalue weighted by molar-refractivity contribution is -0.140. The standard InChI is InChI=1S/C35H53N5O7/c1-3-4-5-6-7-8-9-10-11-12-13-14-19-32(43)38-29(20-25-23-37-27-18-16-15-17-26(25)27)34(46)40-30(21-31(36)42)35(47)39-28(24(2)41)22-33(44)45/h15-18,23,28-30,37H,3-14,19-22H2,1-2H3,(H2,36,42)(H,38,43)(H,39,47)(H,40,46)(H,44,45). The molecule has 4 amide bonds. The summed E-state index contributed by atoms with van der Waals surface area (Å²) in [5.41, 5.74) is 6.95. The molecule has 1 aromatic carbocycles. The monoisotopic (exact) mass is 655 g/mol. The summed E-state index contributed by atoms with van der Waals surface area (Å²) in [6, 6.07) is 3.56. The fourth-order valence-corrected chi connectivity index (χ4v) is 5.55. The minimum Gasteiger partial charge on any atom is -0.481 e. The number of aliphatic carboxylic acids is 1. The number of Topliss-reactive ketones (excluding diaryl/α,β-unsaturated/α-hetero) is 1. The number of unbranched alkanes of at least 4 members (excludes halogenated alkanes) is 11. The molecule has 1 aromatic heterocycles. The first-order valence-electron chi connectivity index (χ1n) is 17.0. The van der Waals surface area contributed by atoms with Gasteiger partial charge in [0.15, 0.2) is 5.78 Å². The molecular formula is C35H53N5O7. The van der Waals surface area contributed by atoms with E-state index in [0.29, 0.717) is 6.42 Å². The van der Waals surface area contributed by atoms with Crippen LogP contribution in [0.15, 0.2) is 30.5 Å². The van der Waals surface area contributed by atoms with Crippen molar-refractivity contribution >= 4 is 46.3 Å². The van der Waals surface area contributed by atoms with Gasteiger partial charge in [0, 0.05) is 29.9 Å². The largest absolute Gasteiger partial charge is 0.481 e. The highest BCUT2D eigenvalue weighted by atomic mass is 16.4. The number of rotatable bonds is 25. The first-order chi connectivity index (χ1) is 22.5. The van der Waals surface area contributed by atoms with Crippen molar-refractivity contribution in [1.82, 2.24) is 20.9 Å². The number of carboxylic acid groups (broad SMARTS) is 1. The summed E-state index contributed by atoms with van der Waals surface area (Å²) in [5.74, 6) is -4.79. The van der Waals surface area contributed by atoms with Crippen molar-refractivity contribution in [2.45, 2.75) is 135 Å². The predicted molar refractivity (Wildman–Crippen MR) is 180 cm³/mol. The maximum absolute atomic E-state index is 13.6. The van der Waals surface area contributed by atoms with E-state index in [-0.39, 0.29) is 18.7 Å². The van der Waals surface area contributed by atoms with Gasteiger partial charge in [0.1, 0.15) is 12.1 Å². The molecule has 3 unspecified atom stereocenters. The lowest BCUT2D eigenvalue weighted by atomic mass is 10.0. The Morgan fingerprint density at radius 1 is 0.745 bits per heavy atom. The van der Waals surface area contributed by atoms with E-state index in [1.54, 1.807) is 6.20 Å². The van der Waals surface area contributed by atoms with Gasteiger partial charge in [0.05, 0.1) is 18.9 Å². The molecule has 0 bridgehead atoms. The Hall–Kier alpha value is -4.22. The molecule has 2 aromatic rings. The lowest BCUT2D eigenvalue weighted by Crippen LogP contribution is -2.57. The van der Waals surface area contributed by atoms with Crippen LogP contribution in [0.2, 0.25) is 0 Å². The molecule has 0 spiro atoms. The Balaban J connectivity index is 2.01. The molecule has 260 valence electrons. The first-order valence-corrected chi connectivity index (χ1v) is 17.0. The molecule has 1 heterocycles. The maximum atomic E-state index is 13.6. The minimum atomic E-state index is -1.49. The number of carbonyl (C=O) groups excluding carboxylic acids is 5. The number of benzene rings is 1. The molecule has 0 aliphatic carbocycles. The van der Waals surface area contributed by atoms with Crippen molar-refractivity contribution in [2.75, 3.05) is 0 Å². The van der Waals surface area contributed by atoms with Crippen LogP contribution in [0.1, 0.15) is 116 Å². The fraction of sp³-hybridized carbons (Fsp3) is 0.600. The number of nitrogens with one attached hydrogen (secondary N) is 4. The van der Waals surface area contributed by atoms with Crippen LogP contribution < -0.4 is 21.7 Å². The summed E-state index contributed by atoms with van der Waals surface area (Å²) >= 11 is 0. The van der Waals surface area contributed by atoms with Crippen LogP contribution in [0.25, 0.3) is 10.9 Å². The zero-order chi connectivity index (χ0) is 34.6. The third-order valence-electron chi connectivity index (χ3n) is 8.23. The third kappa shape index (κ3) is 15.3. The van der Waals surface area contributed by atoms with Gasteiger partial charge in [-0.2, -0.15) is 0 Å². The maximum Gasteiger partial charge on any atom is 0.305 e. The Morgan fingerprint density at radius 2 is 1.30 bits per heavy atom. The van der Waals surface area contributed by atoms with Gasteiger partial charge in [0.25, 0.3) is 0 Å². The van der Waals surface area contributed by atoms with Crippen LogP contribution in [0.3, 0.4) is 0 Å². The van der Waals surface area contributed by atoms with Gasteiger partial charge in [0.2, 0.25) is 23.6 Å². The molecule has 0 aliphatic rings. The highest BCUT2D eigenvalue weighted by Crippen LogP contribution is 2.20. The van der Waals surface area contributed by atoms with E-state index in [1.807, 2.05) is 24.3 Å². The van der Waals surface area contributed by atoms with E-state index in [4.69, 9.17) is 10.8 Å². The van der Waals surface area contributed by atoms with Gasteiger partial charge in [-0.05, 0) is 25.0 Å². The SMILES string of the molecule is CCCCCCCCCCCCCCC(=O)NC(Cc1c[nH]c2ccccc12)C(=O)NC(CC(N)=O)C(=O)NC(CC(=O)O)C(C)=O. The summed E-state index contributed by atoms with van der Waals surface area (Å²) in [6.07, 6.45) is 14.8. The lowest BCUT2D eigenvalue weighted by Gasteiger charge is -2.24. The van der Waals surface area contributed by atoms with Crippen molar-refractivity contribution in [1.29, 1.82) is 0 Å². The van der Waals surface area contributed by atoms with Crippen LogP contribution in [0.4, 0.5) is 0 Å². The number of ketones is 1. The number of amides is 4. The summed E-state index contributed by atoms with van der Waals surface area (Å²) < 4.78 is 0. The van der Waals surface area contributed by atoms with E-state index in [1.165, 1.54) is 51.4 Å². The number of carbonyl (C=O) groups is 6. The number of hydrogen-bond acceptors (Lipinski definition) is 6. The highest BCUT2D eigenvalue weighted by Gasteiger charge is 2.31. The molecule has 0 fully saturated rings. The van der Waals surface area contributed by atoms with Crippen LogP contribution in [-0.4, -0.2) is 63.6 Å². The average Bonchev–Trinajstić information content (AvgIpc) is 3.42. The molecule has 12 heteroatoms. The number of H-pyrrole nitrogens is 1. The number of primary amides is 1. The molecule has 0 radical (unpaired) electrons. The van der Waals surface area contributed by atoms with E-state index in [0.717, 1.165) is 42.7 Å². The second kappa shape index (κ2) is 21.6. The molecule has 47 heavy (non-hydrogen) atoms. The van der Waals surface area contributed by atoms with Crippen molar-refractivity contribution in [3.05, 3.63) is 36.0 Å². The smallest absolute Gasteiger partial charge is 0.305 e. The van der Waals surface area contributed by atoms with Crippen molar-refractivity contribution in [3.63, 3.8) is 0 Å². The minimum absolute atomic E-state index is 0.0972. The quantitative estimate of drug-likeness (QED) is 0.0861. The topological polar surface area (TPSA) is 201 Å². The van der Waals surface area contributed by atoms with Gasteiger partial charge in [-0.1, -0.05) is 95.8 Å². The van der Waals surface area contributed by atoms with Crippen molar-refractivity contribution < 1.29 is 33.9 Å². The summed E-state index contributed by atoms with van der Waals surface area (Å²) in [7, 11) is 0. The van der Waals surface area contributed by atoms with Crippen LogP contribution in [0, 0.1) is 0 Å². The number of para-hydroxylation sites is 1. The Bertz CT molecular complexity index is 1320. The number of fused-ring (bicyclic) bond motifs is 1. The number of carboxylic acids is 1. The summed E-state index contributed by atoms with van der Waals surface area (Å²) in [5, 5.41) is 17.5. The normalized spacial score (nSPS) is 13.0. The molecule has 3 atom stereocenters. The Kier molecular flexibility index (Phi) is 17.9. The van der Waals surface area contributed by atoms with Gasteiger partial charge in [-0.3, -0.25) is 28.8 Å². The number of aromatic nitrogens is 1. The summed E-state index contributed by atoms with van der Waals surface area (Å²) in [4.78, 5) is 77.6. The van der Waals surface area contributed by atoms with Crippen molar-refractivity contribution in [3.8, 4) is 0 Å². The second-order valence-corrected chi connectivity index (χ2v) is 12.3. The van der Waals surface area contributed by atoms with Gasteiger partial charge < -0.3 is 31.8 Å². The van der Waals surface area contributed by atoms with E-state index < -0.39 is 60.4 Å². The first kappa shape index (κ1) is 39.0. The number of aromatic amines is 1. The molecule has 7 N–H and O–H groups in total. The molecule has 0 saturated heterocycles. The van der Waals surface area contributed by atoms with Crippen LogP contribution in [-0.2, 0) is 35.2 Å². The van der Waals surface area contributed by atoms with Crippen molar-refractivity contribution in [2.24, 2.45) is 5.73 Å². The van der Waals surface area contributed by atoms with Crippen LogP contribution in [0.5, 0.6) is 0 Å². The zero-order valence-electron chi connectivity index (χ0n) is 27.9. The molecule has 0 saturated carbocycles. The molecule has 2 rings (SSSR count). The van der Waals surface area contributed by atoms with Gasteiger partial charge in [-0.15, -0.1) is 0 Å². The van der Waals surface area contributed by atoms with E-state index in [9.17, 15) is 28.8 Å². The summed E-state index contributed by atoms with van der Waals surface area (Å²) in [6.45, 7) is 3.34. The Morgan fingerprint density at radius 3 is 1.87 bits per heavy atom. The molecular weight excluding hydrogens is 602 g/mol. The highest BCUT2D eigenvalue weighted by molar-refractivity contribution is 5.97. The molecule has 12 nitrogen and oxygen atoms in total. The Labute approximate surface area is 277 Å². The van der Waals surface area contributed by atoms with Gasteiger partial charge >= 0.3 is 5.97 Å². The van der Waals surface area contributed by atoms with Gasteiger partial charge in [-0.25, -0.2) is 0 Å². The number of hydrogen-bond donors (Lipinski definition) is 6. The molecule has 0 aliphatic heterocycles. The van der Waals surface area contributed by atoms with Crippen LogP contribution >= 0.6 is 0 Å². The second-order valence-electron chi connectivity index (χ2n) is 12.3. The van der Waals surface area contributed by atoms with E-state index in [2.05, 4.69) is 27.9 Å². The zero-order valence-corrected chi connectivity index (χ0v) is 27.9. The third-order valence-corrected chi connectivity index (χ3v) is 8.23.